The lowest BCUT2D eigenvalue weighted by atomic mass is 9.89. The van der Waals surface area contributed by atoms with E-state index < -0.39 is 0 Å². The van der Waals surface area contributed by atoms with E-state index in [1.165, 1.54) is 0 Å². The van der Waals surface area contributed by atoms with E-state index >= 15 is 0 Å². The molecular formula is C11H17N3O. The third kappa shape index (κ3) is 2.65. The van der Waals surface area contributed by atoms with Crippen molar-refractivity contribution >= 4 is 5.82 Å². The molecule has 0 atom stereocenters. The van der Waals surface area contributed by atoms with Crippen molar-refractivity contribution in [2.45, 2.75) is 38.8 Å². The topological polar surface area (TPSA) is 47.0 Å². The Morgan fingerprint density at radius 2 is 2.33 bits per heavy atom. The van der Waals surface area contributed by atoms with E-state index in [1.54, 1.807) is 6.20 Å². The van der Waals surface area contributed by atoms with Crippen LogP contribution in [0.25, 0.3) is 0 Å². The fourth-order valence-electron chi connectivity index (χ4n) is 1.80. The van der Waals surface area contributed by atoms with Gasteiger partial charge in [0.15, 0.2) is 0 Å². The first-order chi connectivity index (χ1) is 7.28. The van der Waals surface area contributed by atoms with E-state index in [2.05, 4.69) is 15.5 Å². The van der Waals surface area contributed by atoms with Gasteiger partial charge >= 0.3 is 0 Å². The second kappa shape index (κ2) is 4.57. The summed E-state index contributed by atoms with van der Waals surface area (Å²) in [6.07, 6.45) is 4.34. The maximum absolute atomic E-state index is 5.49. The molecule has 0 saturated heterocycles. The van der Waals surface area contributed by atoms with Crippen molar-refractivity contribution in [3.05, 3.63) is 17.8 Å². The van der Waals surface area contributed by atoms with Crippen LogP contribution in [0.3, 0.4) is 0 Å². The number of nitrogens with zero attached hydrogens (tertiary/aromatic N) is 2. The maximum atomic E-state index is 5.49. The Morgan fingerprint density at radius 3 is 3.00 bits per heavy atom. The van der Waals surface area contributed by atoms with Crippen molar-refractivity contribution in [2.24, 2.45) is 0 Å². The van der Waals surface area contributed by atoms with Gasteiger partial charge in [-0.25, -0.2) is 0 Å². The molecule has 0 aliphatic heterocycles. The lowest BCUT2D eigenvalue weighted by Crippen LogP contribution is -2.41. The summed E-state index contributed by atoms with van der Waals surface area (Å²) in [7, 11) is 0. The average Bonchev–Trinajstić information content (AvgIpc) is 2.15. The molecule has 1 aliphatic carbocycles. The molecule has 0 spiro atoms. The van der Waals surface area contributed by atoms with Crippen molar-refractivity contribution < 1.29 is 4.74 Å². The third-order valence-electron chi connectivity index (χ3n) is 2.64. The molecule has 1 aromatic heterocycles. The molecule has 1 N–H and O–H groups in total. The predicted octanol–water partition coefficient (Wildman–Crippen LogP) is 1.76. The van der Waals surface area contributed by atoms with E-state index in [1.807, 2.05) is 19.9 Å². The number of rotatable bonds is 4. The molecule has 0 radical (unpaired) electrons. The Hall–Kier alpha value is -1.16. The standard InChI is InChI=1S/C11H17N3O/c1-3-15-10-5-9(6-10)13-11-4-8(2)7-12-14-11/h4,7,9-10H,3,5-6H2,1-2H3,(H,13,14). The molecule has 0 bridgehead atoms. The Kier molecular flexibility index (Phi) is 3.16. The zero-order chi connectivity index (χ0) is 10.7. The lowest BCUT2D eigenvalue weighted by molar-refractivity contribution is 0.00291. The predicted molar refractivity (Wildman–Crippen MR) is 58.8 cm³/mol. The fraction of sp³-hybridized carbons (Fsp3) is 0.636. The molecule has 1 saturated carbocycles. The van der Waals surface area contributed by atoms with Crippen LogP contribution in [-0.2, 0) is 4.74 Å². The number of aryl methyl sites for hydroxylation is 1. The van der Waals surface area contributed by atoms with Crippen LogP contribution in [-0.4, -0.2) is 29.0 Å². The Bertz CT molecular complexity index is 323. The molecule has 1 heterocycles. The fourth-order valence-corrected chi connectivity index (χ4v) is 1.80. The largest absolute Gasteiger partial charge is 0.378 e. The van der Waals surface area contributed by atoms with Crippen LogP contribution >= 0.6 is 0 Å². The highest BCUT2D eigenvalue weighted by Crippen LogP contribution is 2.26. The highest BCUT2D eigenvalue weighted by Gasteiger charge is 2.29. The summed E-state index contributed by atoms with van der Waals surface area (Å²) in [6.45, 7) is 4.86. The van der Waals surface area contributed by atoms with E-state index in [0.29, 0.717) is 12.1 Å². The summed E-state index contributed by atoms with van der Waals surface area (Å²) in [4.78, 5) is 0. The summed E-state index contributed by atoms with van der Waals surface area (Å²) in [5.74, 6) is 0.870. The number of aromatic nitrogens is 2. The van der Waals surface area contributed by atoms with Crippen molar-refractivity contribution in [1.29, 1.82) is 0 Å². The van der Waals surface area contributed by atoms with Gasteiger partial charge in [0.1, 0.15) is 5.82 Å². The Labute approximate surface area is 90.1 Å². The minimum atomic E-state index is 0.435. The molecule has 0 amide bonds. The number of nitrogens with one attached hydrogen (secondary N) is 1. The van der Waals surface area contributed by atoms with Gasteiger partial charge in [-0.1, -0.05) is 0 Å². The van der Waals surface area contributed by atoms with Crippen LogP contribution in [0, 0.1) is 6.92 Å². The minimum Gasteiger partial charge on any atom is -0.378 e. The molecule has 0 aromatic carbocycles. The van der Waals surface area contributed by atoms with E-state index in [0.717, 1.165) is 30.8 Å². The van der Waals surface area contributed by atoms with Gasteiger partial charge in [0.05, 0.1) is 12.3 Å². The van der Waals surface area contributed by atoms with Crippen molar-refractivity contribution in [1.82, 2.24) is 10.2 Å². The normalized spacial score (nSPS) is 24.7. The van der Waals surface area contributed by atoms with Crippen LogP contribution in [0.15, 0.2) is 12.3 Å². The van der Waals surface area contributed by atoms with Gasteiger partial charge < -0.3 is 10.1 Å². The van der Waals surface area contributed by atoms with Gasteiger partial charge in [-0.2, -0.15) is 5.10 Å². The monoisotopic (exact) mass is 207 g/mol. The first-order valence-electron chi connectivity index (χ1n) is 5.45. The molecule has 82 valence electrons. The molecule has 4 heteroatoms. The zero-order valence-corrected chi connectivity index (χ0v) is 9.23. The lowest BCUT2D eigenvalue weighted by Gasteiger charge is -2.35. The molecule has 1 fully saturated rings. The van der Waals surface area contributed by atoms with Gasteiger partial charge in [0.25, 0.3) is 0 Å². The van der Waals surface area contributed by atoms with Gasteiger partial charge in [0, 0.05) is 12.6 Å². The van der Waals surface area contributed by atoms with Gasteiger partial charge in [-0.3, -0.25) is 0 Å². The highest BCUT2D eigenvalue weighted by atomic mass is 16.5. The highest BCUT2D eigenvalue weighted by molar-refractivity contribution is 5.36. The number of hydrogen-bond acceptors (Lipinski definition) is 4. The summed E-state index contributed by atoms with van der Waals surface area (Å²) in [5, 5.41) is 11.3. The molecule has 0 unspecified atom stereocenters. The average molecular weight is 207 g/mol. The molecule has 15 heavy (non-hydrogen) atoms. The number of anilines is 1. The van der Waals surface area contributed by atoms with Crippen molar-refractivity contribution in [3.8, 4) is 0 Å². The Morgan fingerprint density at radius 1 is 1.53 bits per heavy atom. The molecular weight excluding hydrogens is 190 g/mol. The van der Waals surface area contributed by atoms with Crippen LogP contribution < -0.4 is 5.32 Å². The van der Waals surface area contributed by atoms with Crippen LogP contribution in [0.1, 0.15) is 25.3 Å². The molecule has 1 aromatic rings. The number of ether oxygens (including phenoxy) is 1. The summed E-state index contributed by atoms with van der Waals surface area (Å²) < 4.78 is 5.49. The zero-order valence-electron chi connectivity index (χ0n) is 9.23. The summed E-state index contributed by atoms with van der Waals surface area (Å²) in [6, 6.07) is 2.51. The number of hydrogen-bond donors (Lipinski definition) is 1. The van der Waals surface area contributed by atoms with E-state index in [4.69, 9.17) is 4.74 Å². The van der Waals surface area contributed by atoms with Gasteiger partial charge in [-0.05, 0) is 38.3 Å². The Balaban J connectivity index is 1.80. The second-order valence-corrected chi connectivity index (χ2v) is 4.01. The van der Waals surface area contributed by atoms with Crippen molar-refractivity contribution in [3.63, 3.8) is 0 Å². The first kappa shape index (κ1) is 10.4. The smallest absolute Gasteiger partial charge is 0.149 e. The minimum absolute atomic E-state index is 0.435. The van der Waals surface area contributed by atoms with Crippen LogP contribution in [0.2, 0.25) is 0 Å². The molecule has 4 nitrogen and oxygen atoms in total. The van der Waals surface area contributed by atoms with Crippen LogP contribution in [0.5, 0.6) is 0 Å². The maximum Gasteiger partial charge on any atom is 0.149 e. The summed E-state index contributed by atoms with van der Waals surface area (Å²) >= 11 is 0. The van der Waals surface area contributed by atoms with Gasteiger partial charge in [-0.15, -0.1) is 5.10 Å². The van der Waals surface area contributed by atoms with Crippen LogP contribution in [0.4, 0.5) is 5.82 Å². The second-order valence-electron chi connectivity index (χ2n) is 4.01. The van der Waals surface area contributed by atoms with E-state index in [9.17, 15) is 0 Å². The molecule has 1 aliphatic rings. The SMILES string of the molecule is CCOC1CC(Nc2cc(C)cnn2)C1. The van der Waals surface area contributed by atoms with Crippen molar-refractivity contribution in [2.75, 3.05) is 11.9 Å². The third-order valence-corrected chi connectivity index (χ3v) is 2.64. The summed E-state index contributed by atoms with van der Waals surface area (Å²) in [5.41, 5.74) is 1.13. The quantitative estimate of drug-likeness (QED) is 0.817. The van der Waals surface area contributed by atoms with E-state index in [-0.39, 0.29) is 0 Å². The first-order valence-corrected chi connectivity index (χ1v) is 5.45. The molecule has 2 rings (SSSR count). The van der Waals surface area contributed by atoms with Gasteiger partial charge in [0.2, 0.25) is 0 Å².